The van der Waals surface area contributed by atoms with Crippen molar-refractivity contribution in [3.63, 3.8) is 0 Å². The number of hydrogen-bond acceptors (Lipinski definition) is 4. The number of amides is 1. The first kappa shape index (κ1) is 20.5. The van der Waals surface area contributed by atoms with Gasteiger partial charge in [-0.3, -0.25) is 4.79 Å². The fraction of sp³-hybridized carbons (Fsp3) is 0.435. The fourth-order valence-electron chi connectivity index (χ4n) is 4.36. The van der Waals surface area contributed by atoms with Crippen LogP contribution in [0.25, 0.3) is 0 Å². The van der Waals surface area contributed by atoms with Crippen molar-refractivity contribution in [1.82, 2.24) is 4.90 Å². The number of nitrogens with one attached hydrogen (secondary N) is 1. The van der Waals surface area contributed by atoms with Gasteiger partial charge in [-0.15, -0.1) is 0 Å². The van der Waals surface area contributed by atoms with Gasteiger partial charge in [-0.1, -0.05) is 24.3 Å². The maximum Gasteiger partial charge on any atom is 0.277 e. The first-order chi connectivity index (χ1) is 14.7. The second-order valence-corrected chi connectivity index (χ2v) is 7.90. The van der Waals surface area contributed by atoms with Crippen LogP contribution in [0.15, 0.2) is 48.5 Å². The number of nitrogens with zero attached hydrogens (tertiary/aromatic N) is 3. The van der Waals surface area contributed by atoms with E-state index in [9.17, 15) is 9.18 Å². The minimum Gasteiger partial charge on any atom is -0.495 e. The van der Waals surface area contributed by atoms with Crippen molar-refractivity contribution >= 4 is 17.3 Å². The van der Waals surface area contributed by atoms with Gasteiger partial charge in [0.25, 0.3) is 5.91 Å². The SMILES string of the molecule is COc1ccccc1N1CCN(C(=O)C[NH+]2CCN(c3ccccc3F)CC2)CC1. The smallest absolute Gasteiger partial charge is 0.277 e. The summed E-state index contributed by atoms with van der Waals surface area (Å²) in [5.41, 5.74) is 1.75. The monoisotopic (exact) mass is 413 g/mol. The minimum absolute atomic E-state index is 0.176. The molecule has 1 amide bonds. The van der Waals surface area contributed by atoms with Crippen LogP contribution in [0.5, 0.6) is 5.75 Å². The number of piperazine rings is 2. The zero-order valence-corrected chi connectivity index (χ0v) is 17.5. The van der Waals surface area contributed by atoms with Crippen molar-refractivity contribution in [1.29, 1.82) is 0 Å². The highest BCUT2D eigenvalue weighted by molar-refractivity contribution is 5.77. The highest BCUT2D eigenvalue weighted by Crippen LogP contribution is 2.28. The molecule has 0 saturated carbocycles. The van der Waals surface area contributed by atoms with E-state index in [1.165, 1.54) is 11.0 Å². The Labute approximate surface area is 177 Å². The molecule has 6 nitrogen and oxygen atoms in total. The van der Waals surface area contributed by atoms with Crippen molar-refractivity contribution in [2.45, 2.75) is 0 Å². The van der Waals surface area contributed by atoms with Crippen LogP contribution in [0, 0.1) is 5.82 Å². The van der Waals surface area contributed by atoms with Gasteiger partial charge in [0.1, 0.15) is 11.6 Å². The normalized spacial score (nSPS) is 17.9. The van der Waals surface area contributed by atoms with Crippen LogP contribution in [-0.2, 0) is 4.79 Å². The number of carbonyl (C=O) groups is 1. The average molecular weight is 414 g/mol. The van der Waals surface area contributed by atoms with E-state index >= 15 is 0 Å². The first-order valence-corrected chi connectivity index (χ1v) is 10.6. The van der Waals surface area contributed by atoms with E-state index in [0.717, 1.165) is 63.8 Å². The van der Waals surface area contributed by atoms with Gasteiger partial charge in [0, 0.05) is 26.2 Å². The number of benzene rings is 2. The Morgan fingerprint density at radius 2 is 1.50 bits per heavy atom. The summed E-state index contributed by atoms with van der Waals surface area (Å²) in [6.07, 6.45) is 0. The lowest BCUT2D eigenvalue weighted by molar-refractivity contribution is -0.892. The average Bonchev–Trinajstić information content (AvgIpc) is 2.80. The third kappa shape index (κ3) is 4.51. The van der Waals surface area contributed by atoms with Gasteiger partial charge in [0.2, 0.25) is 0 Å². The molecule has 2 aliphatic heterocycles. The molecule has 2 heterocycles. The number of halogens is 1. The molecule has 2 aromatic rings. The van der Waals surface area contributed by atoms with Gasteiger partial charge in [0.05, 0.1) is 44.7 Å². The lowest BCUT2D eigenvalue weighted by atomic mass is 10.2. The molecule has 160 valence electrons. The number of quaternary nitrogens is 1. The number of methoxy groups -OCH3 is 1. The molecule has 2 saturated heterocycles. The van der Waals surface area contributed by atoms with Crippen LogP contribution in [0.3, 0.4) is 0 Å². The third-order valence-electron chi connectivity index (χ3n) is 6.12. The molecule has 2 aliphatic rings. The predicted molar refractivity (Wildman–Crippen MR) is 116 cm³/mol. The second kappa shape index (κ2) is 9.34. The quantitative estimate of drug-likeness (QED) is 0.791. The van der Waals surface area contributed by atoms with Crippen molar-refractivity contribution in [3.8, 4) is 5.75 Å². The molecule has 0 bridgehead atoms. The first-order valence-electron chi connectivity index (χ1n) is 10.6. The van der Waals surface area contributed by atoms with Crippen LogP contribution in [0.4, 0.5) is 15.8 Å². The molecule has 0 spiro atoms. The Balaban J connectivity index is 1.25. The summed E-state index contributed by atoms with van der Waals surface area (Å²) in [4.78, 5) is 20.4. The van der Waals surface area contributed by atoms with Gasteiger partial charge in [-0.05, 0) is 24.3 Å². The Hall–Kier alpha value is -2.80. The molecule has 30 heavy (non-hydrogen) atoms. The molecule has 7 heteroatoms. The summed E-state index contributed by atoms with van der Waals surface area (Å²) in [6, 6.07) is 14.9. The topological polar surface area (TPSA) is 40.5 Å². The molecule has 0 radical (unpaired) electrons. The van der Waals surface area contributed by atoms with E-state index < -0.39 is 0 Å². The number of hydrogen-bond donors (Lipinski definition) is 1. The van der Waals surface area contributed by atoms with Gasteiger partial charge in [-0.2, -0.15) is 0 Å². The minimum atomic E-state index is -0.176. The van der Waals surface area contributed by atoms with Crippen LogP contribution < -0.4 is 19.4 Å². The zero-order valence-electron chi connectivity index (χ0n) is 17.5. The maximum absolute atomic E-state index is 14.0. The summed E-state index contributed by atoms with van der Waals surface area (Å²) in [5.74, 6) is 0.906. The van der Waals surface area contributed by atoms with Crippen LogP contribution in [0.1, 0.15) is 0 Å². The molecule has 0 aliphatic carbocycles. The van der Waals surface area contributed by atoms with Gasteiger partial charge in [-0.25, -0.2) is 4.39 Å². The van der Waals surface area contributed by atoms with Crippen molar-refractivity contribution < 1.29 is 18.8 Å². The van der Waals surface area contributed by atoms with Gasteiger partial charge >= 0.3 is 0 Å². The van der Waals surface area contributed by atoms with E-state index in [1.54, 1.807) is 13.2 Å². The van der Waals surface area contributed by atoms with E-state index in [1.807, 2.05) is 35.2 Å². The number of anilines is 2. The van der Waals surface area contributed by atoms with Crippen LogP contribution >= 0.6 is 0 Å². The predicted octanol–water partition coefficient (Wildman–Crippen LogP) is 0.888. The summed E-state index contributed by atoms with van der Waals surface area (Å²) in [6.45, 7) is 6.82. The summed E-state index contributed by atoms with van der Waals surface area (Å²) in [7, 11) is 1.69. The molecule has 0 atom stereocenters. The number of rotatable bonds is 5. The lowest BCUT2D eigenvalue weighted by Gasteiger charge is -2.38. The van der Waals surface area contributed by atoms with Crippen LogP contribution in [-0.4, -0.2) is 76.8 Å². The molecular formula is C23H30FN4O2+. The maximum atomic E-state index is 14.0. The van der Waals surface area contributed by atoms with Crippen molar-refractivity contribution in [3.05, 3.63) is 54.3 Å². The summed E-state index contributed by atoms with van der Waals surface area (Å²) >= 11 is 0. The Morgan fingerprint density at radius 3 is 2.17 bits per heavy atom. The number of ether oxygens (including phenoxy) is 1. The third-order valence-corrected chi connectivity index (χ3v) is 6.12. The molecule has 1 N–H and O–H groups in total. The summed E-state index contributed by atoms with van der Waals surface area (Å²) < 4.78 is 19.5. The Kier molecular flexibility index (Phi) is 6.38. The van der Waals surface area contributed by atoms with E-state index in [-0.39, 0.29) is 11.7 Å². The molecule has 0 unspecified atom stereocenters. The van der Waals surface area contributed by atoms with E-state index in [2.05, 4.69) is 15.9 Å². The Bertz CT molecular complexity index is 862. The van der Waals surface area contributed by atoms with E-state index in [0.29, 0.717) is 12.2 Å². The molecule has 2 fully saturated rings. The molecular weight excluding hydrogens is 383 g/mol. The van der Waals surface area contributed by atoms with Crippen molar-refractivity contribution in [2.75, 3.05) is 75.8 Å². The van der Waals surface area contributed by atoms with E-state index in [4.69, 9.17) is 4.74 Å². The zero-order chi connectivity index (χ0) is 20.9. The van der Waals surface area contributed by atoms with Gasteiger partial charge in [0.15, 0.2) is 6.54 Å². The molecule has 0 aromatic heterocycles. The second-order valence-electron chi connectivity index (χ2n) is 7.90. The lowest BCUT2D eigenvalue weighted by Crippen LogP contribution is -3.16. The standard InChI is InChI=1S/C23H29FN4O2/c1-30-22-9-5-4-8-21(22)27-14-16-28(17-15-27)23(29)18-25-10-12-26(13-11-25)20-7-3-2-6-19(20)24/h2-9H,10-18H2,1H3/p+1. The largest absolute Gasteiger partial charge is 0.495 e. The Morgan fingerprint density at radius 1 is 0.900 bits per heavy atom. The fourth-order valence-corrected chi connectivity index (χ4v) is 4.36. The molecule has 4 rings (SSSR count). The molecule has 2 aromatic carbocycles. The van der Waals surface area contributed by atoms with Gasteiger partial charge < -0.3 is 24.3 Å². The van der Waals surface area contributed by atoms with Crippen molar-refractivity contribution in [2.24, 2.45) is 0 Å². The van der Waals surface area contributed by atoms with Crippen LogP contribution in [0.2, 0.25) is 0 Å². The summed E-state index contributed by atoms with van der Waals surface area (Å²) in [5, 5.41) is 0. The number of carbonyl (C=O) groups excluding carboxylic acids is 1. The highest BCUT2D eigenvalue weighted by Gasteiger charge is 2.28. The highest BCUT2D eigenvalue weighted by atomic mass is 19.1. The number of para-hydroxylation sites is 3.